The lowest BCUT2D eigenvalue weighted by molar-refractivity contribution is -0.140. The van der Waals surface area contributed by atoms with Gasteiger partial charge in [-0.15, -0.1) is 0 Å². The smallest absolute Gasteiger partial charge is 0.339 e. The van der Waals surface area contributed by atoms with Gasteiger partial charge in [0.15, 0.2) is 5.78 Å². The van der Waals surface area contributed by atoms with Crippen molar-refractivity contribution in [3.05, 3.63) is 80.7 Å². The van der Waals surface area contributed by atoms with Gasteiger partial charge in [0.1, 0.15) is 16.8 Å². The van der Waals surface area contributed by atoms with Crippen LogP contribution in [-0.4, -0.2) is 24.3 Å². The standard InChI is InChI=1S/C25H21Cl2N3O4/c1-2-34-23(32)21-22(28)30(15-6-3-5-13(26)11-15)18-7-4-8-19(31)20(18)25(21)16-12-14(27)9-10-17(16)29-24(25)33/h3,5-6,9-12H,2,4,7-8,28H2,1H3,(H,29,33). The first-order chi connectivity index (χ1) is 16.3. The van der Waals surface area contributed by atoms with Gasteiger partial charge >= 0.3 is 5.97 Å². The predicted octanol–water partition coefficient (Wildman–Crippen LogP) is 4.44. The number of rotatable bonds is 3. The Kier molecular flexibility index (Phi) is 5.41. The minimum atomic E-state index is -1.77. The fourth-order valence-electron chi connectivity index (χ4n) is 5.19. The van der Waals surface area contributed by atoms with Crippen molar-refractivity contribution in [2.24, 2.45) is 5.73 Å². The quantitative estimate of drug-likeness (QED) is 0.607. The highest BCUT2D eigenvalue weighted by Crippen LogP contribution is 2.56. The zero-order valence-electron chi connectivity index (χ0n) is 18.3. The lowest BCUT2D eigenvalue weighted by atomic mass is 9.63. The molecule has 2 heterocycles. The molecule has 1 aliphatic carbocycles. The summed E-state index contributed by atoms with van der Waals surface area (Å²) in [6.45, 7) is 1.72. The number of Topliss-reactive ketones (excluding diaryl/α,β-unsaturated/α-hetero) is 1. The van der Waals surface area contributed by atoms with E-state index in [1.807, 2.05) is 0 Å². The van der Waals surface area contributed by atoms with E-state index in [2.05, 4.69) is 5.32 Å². The van der Waals surface area contributed by atoms with E-state index in [0.717, 1.165) is 0 Å². The molecule has 7 nitrogen and oxygen atoms in total. The van der Waals surface area contributed by atoms with Crippen LogP contribution < -0.4 is 16.0 Å². The normalized spacial score (nSPS) is 21.6. The zero-order valence-corrected chi connectivity index (χ0v) is 19.8. The Morgan fingerprint density at radius 2 is 1.91 bits per heavy atom. The molecule has 2 aromatic rings. The van der Waals surface area contributed by atoms with E-state index in [1.54, 1.807) is 54.3 Å². The molecule has 174 valence electrons. The molecule has 3 N–H and O–H groups in total. The Labute approximate surface area is 206 Å². The van der Waals surface area contributed by atoms with Crippen LogP contribution in [0.1, 0.15) is 31.7 Å². The van der Waals surface area contributed by atoms with Gasteiger partial charge in [-0.1, -0.05) is 29.3 Å². The molecule has 1 unspecified atom stereocenters. The summed E-state index contributed by atoms with van der Waals surface area (Å²) in [5.74, 6) is -1.54. The van der Waals surface area contributed by atoms with Crippen molar-refractivity contribution < 1.29 is 19.1 Å². The fraction of sp³-hybridized carbons (Fsp3) is 0.240. The molecule has 0 aromatic heterocycles. The highest BCUT2D eigenvalue weighted by molar-refractivity contribution is 6.32. The molecule has 2 aliphatic heterocycles. The summed E-state index contributed by atoms with van der Waals surface area (Å²) in [4.78, 5) is 42.5. The third kappa shape index (κ3) is 3.07. The van der Waals surface area contributed by atoms with E-state index in [9.17, 15) is 14.4 Å². The number of esters is 1. The summed E-state index contributed by atoms with van der Waals surface area (Å²) < 4.78 is 5.38. The number of nitrogens with two attached hydrogens (primary N) is 1. The number of nitrogens with zero attached hydrogens (tertiary/aromatic N) is 1. The van der Waals surface area contributed by atoms with Crippen molar-refractivity contribution in [1.29, 1.82) is 0 Å². The van der Waals surface area contributed by atoms with Crippen molar-refractivity contribution >= 4 is 52.2 Å². The maximum atomic E-state index is 13.8. The number of benzene rings is 2. The maximum Gasteiger partial charge on any atom is 0.339 e. The van der Waals surface area contributed by atoms with Gasteiger partial charge < -0.3 is 15.8 Å². The van der Waals surface area contributed by atoms with E-state index in [1.165, 1.54) is 0 Å². The molecule has 3 aliphatic rings. The summed E-state index contributed by atoms with van der Waals surface area (Å²) in [5.41, 5.74) is 7.06. The molecule has 2 aromatic carbocycles. The first kappa shape index (κ1) is 22.5. The lowest BCUT2D eigenvalue weighted by Crippen LogP contribution is -2.53. The number of hydrogen-bond acceptors (Lipinski definition) is 6. The van der Waals surface area contributed by atoms with Crippen LogP contribution in [0.15, 0.2) is 65.1 Å². The van der Waals surface area contributed by atoms with E-state index in [0.29, 0.717) is 45.5 Å². The third-order valence-electron chi connectivity index (χ3n) is 6.42. The molecule has 0 bridgehead atoms. The fourth-order valence-corrected chi connectivity index (χ4v) is 5.55. The van der Waals surface area contributed by atoms with Crippen LogP contribution in [0.3, 0.4) is 0 Å². The third-order valence-corrected chi connectivity index (χ3v) is 6.89. The second-order valence-corrected chi connectivity index (χ2v) is 9.16. The molecule has 34 heavy (non-hydrogen) atoms. The van der Waals surface area contributed by atoms with Crippen LogP contribution in [0.2, 0.25) is 10.0 Å². The number of anilines is 2. The van der Waals surface area contributed by atoms with Gasteiger partial charge in [-0.05, 0) is 56.2 Å². The van der Waals surface area contributed by atoms with Gasteiger partial charge in [-0.3, -0.25) is 14.5 Å². The number of carbonyl (C=O) groups excluding carboxylic acids is 3. The molecule has 1 atom stereocenters. The Morgan fingerprint density at radius 1 is 1.15 bits per heavy atom. The minimum absolute atomic E-state index is 0.0112. The van der Waals surface area contributed by atoms with Gasteiger partial charge in [-0.2, -0.15) is 0 Å². The Hall–Kier alpha value is -3.29. The number of carbonyl (C=O) groups is 3. The number of ketones is 1. The van der Waals surface area contributed by atoms with Crippen LogP contribution in [0.5, 0.6) is 0 Å². The predicted molar refractivity (Wildman–Crippen MR) is 129 cm³/mol. The second kappa shape index (κ2) is 8.18. The van der Waals surface area contributed by atoms with Crippen molar-refractivity contribution in [1.82, 2.24) is 0 Å². The van der Waals surface area contributed by atoms with Crippen LogP contribution in [0.25, 0.3) is 0 Å². The highest BCUT2D eigenvalue weighted by atomic mass is 35.5. The topological polar surface area (TPSA) is 102 Å². The van der Waals surface area contributed by atoms with Crippen molar-refractivity contribution in [3.8, 4) is 0 Å². The molecule has 9 heteroatoms. The number of ether oxygens (including phenoxy) is 1. The van der Waals surface area contributed by atoms with Gasteiger partial charge in [-0.25, -0.2) is 4.79 Å². The Bertz CT molecular complexity index is 1330. The van der Waals surface area contributed by atoms with Gasteiger partial charge in [0.05, 0.1) is 6.61 Å². The van der Waals surface area contributed by atoms with E-state index < -0.39 is 17.3 Å². The number of amides is 1. The maximum absolute atomic E-state index is 13.8. The van der Waals surface area contributed by atoms with Crippen LogP contribution in [0, 0.1) is 0 Å². The van der Waals surface area contributed by atoms with Crippen molar-refractivity contribution in [3.63, 3.8) is 0 Å². The SMILES string of the molecule is CCOC(=O)C1=C(N)N(c2cccc(Cl)c2)C2=C(C(=O)CCC2)C12C(=O)Nc1ccc(Cl)cc12. The lowest BCUT2D eigenvalue weighted by Gasteiger charge is -2.44. The number of nitrogens with one attached hydrogen (secondary N) is 1. The van der Waals surface area contributed by atoms with Crippen molar-refractivity contribution in [2.45, 2.75) is 31.6 Å². The number of hydrogen-bond donors (Lipinski definition) is 2. The van der Waals surface area contributed by atoms with Gasteiger partial charge in [0.25, 0.3) is 0 Å². The molecular formula is C25H21Cl2N3O4. The zero-order chi connectivity index (χ0) is 24.2. The summed E-state index contributed by atoms with van der Waals surface area (Å²) in [6, 6.07) is 11.8. The summed E-state index contributed by atoms with van der Waals surface area (Å²) in [7, 11) is 0. The molecule has 0 saturated carbocycles. The Morgan fingerprint density at radius 3 is 2.65 bits per heavy atom. The van der Waals surface area contributed by atoms with Crippen LogP contribution in [-0.2, 0) is 24.5 Å². The monoisotopic (exact) mass is 497 g/mol. The highest BCUT2D eigenvalue weighted by Gasteiger charge is 2.62. The number of halogens is 2. The molecule has 1 amide bonds. The molecule has 0 radical (unpaired) electrons. The van der Waals surface area contributed by atoms with E-state index in [4.69, 9.17) is 33.7 Å². The van der Waals surface area contributed by atoms with E-state index >= 15 is 0 Å². The molecule has 5 rings (SSSR count). The average molecular weight is 498 g/mol. The van der Waals surface area contributed by atoms with Gasteiger partial charge in [0, 0.05) is 44.7 Å². The number of fused-ring (bicyclic) bond motifs is 3. The summed E-state index contributed by atoms with van der Waals surface area (Å²) in [6.07, 6.45) is 1.30. The average Bonchev–Trinajstić information content (AvgIpc) is 3.06. The molecular weight excluding hydrogens is 477 g/mol. The first-order valence-corrected chi connectivity index (χ1v) is 11.7. The second-order valence-electron chi connectivity index (χ2n) is 8.29. The van der Waals surface area contributed by atoms with Crippen molar-refractivity contribution in [2.75, 3.05) is 16.8 Å². The number of allylic oxidation sites excluding steroid dienone is 1. The summed E-state index contributed by atoms with van der Waals surface area (Å²) in [5, 5.41) is 3.65. The Balaban J connectivity index is 1.91. The first-order valence-electron chi connectivity index (χ1n) is 10.9. The van der Waals surface area contributed by atoms with E-state index in [-0.39, 0.29) is 35.8 Å². The van der Waals surface area contributed by atoms with Crippen LogP contribution >= 0.6 is 23.2 Å². The minimum Gasteiger partial charge on any atom is -0.462 e. The molecule has 0 saturated heterocycles. The van der Waals surface area contributed by atoms with Gasteiger partial charge in [0.2, 0.25) is 5.91 Å². The largest absolute Gasteiger partial charge is 0.462 e. The molecule has 1 spiro atoms. The van der Waals surface area contributed by atoms with Crippen LogP contribution in [0.4, 0.5) is 11.4 Å². The summed E-state index contributed by atoms with van der Waals surface area (Å²) >= 11 is 12.6. The molecule has 0 fully saturated rings.